The van der Waals surface area contributed by atoms with Crippen LogP contribution in [0.2, 0.25) is 0 Å². The van der Waals surface area contributed by atoms with Crippen LogP contribution in [0.3, 0.4) is 0 Å². The topological polar surface area (TPSA) is 94.2 Å². The Morgan fingerprint density at radius 3 is 2.41 bits per heavy atom. The highest BCUT2D eigenvalue weighted by molar-refractivity contribution is 8.18. The first-order valence-corrected chi connectivity index (χ1v) is 12.2. The van der Waals surface area contributed by atoms with Gasteiger partial charge in [-0.25, -0.2) is 0 Å². The number of para-hydroxylation sites is 2. The van der Waals surface area contributed by atoms with E-state index in [1.54, 1.807) is 48.5 Å². The minimum Gasteiger partial charge on any atom is -0.495 e. The molecule has 37 heavy (non-hydrogen) atoms. The summed E-state index contributed by atoms with van der Waals surface area (Å²) in [5, 5.41) is 2.16. The molecule has 190 valence electrons. The maximum atomic E-state index is 12.9. The number of carbonyl (C=O) groups is 3. The molecule has 0 atom stereocenters. The van der Waals surface area contributed by atoms with Gasteiger partial charge in [0.1, 0.15) is 18.9 Å². The van der Waals surface area contributed by atoms with Crippen molar-refractivity contribution in [2.75, 3.05) is 26.1 Å². The molecule has 0 aliphatic carbocycles. The zero-order valence-electron chi connectivity index (χ0n) is 20.6. The summed E-state index contributed by atoms with van der Waals surface area (Å²) in [4.78, 5) is 39.0. The van der Waals surface area contributed by atoms with Gasteiger partial charge >= 0.3 is 0 Å². The fourth-order valence-electron chi connectivity index (χ4n) is 3.61. The van der Waals surface area contributed by atoms with E-state index < -0.39 is 23.6 Å². The average molecular weight is 519 g/mol. The summed E-state index contributed by atoms with van der Waals surface area (Å²) in [5.74, 6) is 0.483. The van der Waals surface area contributed by atoms with Crippen LogP contribution >= 0.6 is 11.8 Å². The number of imide groups is 1. The van der Waals surface area contributed by atoms with Crippen molar-refractivity contribution >= 4 is 40.6 Å². The highest BCUT2D eigenvalue weighted by Crippen LogP contribution is 2.35. The lowest BCUT2D eigenvalue weighted by atomic mass is 10.1. The van der Waals surface area contributed by atoms with Crippen molar-refractivity contribution in [1.29, 1.82) is 0 Å². The number of carbonyl (C=O) groups excluding carboxylic acids is 3. The summed E-state index contributed by atoms with van der Waals surface area (Å²) >= 11 is 0.781. The molecular weight excluding hydrogens is 492 g/mol. The van der Waals surface area contributed by atoms with Gasteiger partial charge < -0.3 is 19.5 Å². The van der Waals surface area contributed by atoms with Crippen LogP contribution < -0.4 is 19.5 Å². The predicted molar refractivity (Wildman–Crippen MR) is 143 cm³/mol. The maximum Gasteiger partial charge on any atom is 0.294 e. The predicted octanol–water partition coefficient (Wildman–Crippen LogP) is 5.27. The lowest BCUT2D eigenvalue weighted by molar-refractivity contribution is -0.127. The first-order valence-electron chi connectivity index (χ1n) is 11.4. The number of ether oxygens (including phenoxy) is 3. The van der Waals surface area contributed by atoms with Crippen molar-refractivity contribution in [2.45, 2.75) is 13.5 Å². The normalized spacial score (nSPS) is 14.1. The Kier molecular flexibility index (Phi) is 8.15. The fourth-order valence-corrected chi connectivity index (χ4v) is 4.45. The van der Waals surface area contributed by atoms with Crippen molar-refractivity contribution in [2.24, 2.45) is 0 Å². The van der Waals surface area contributed by atoms with E-state index in [2.05, 4.69) is 5.32 Å². The third-order valence-corrected chi connectivity index (χ3v) is 6.46. The Labute approximate surface area is 219 Å². The summed E-state index contributed by atoms with van der Waals surface area (Å²) in [6, 6.07) is 20.2. The largest absolute Gasteiger partial charge is 0.495 e. The van der Waals surface area contributed by atoms with Gasteiger partial charge in [-0.1, -0.05) is 48.0 Å². The van der Waals surface area contributed by atoms with E-state index in [0.717, 1.165) is 22.2 Å². The second-order valence-corrected chi connectivity index (χ2v) is 9.19. The maximum absolute atomic E-state index is 12.9. The molecule has 1 aliphatic rings. The minimum absolute atomic E-state index is 0.213. The van der Waals surface area contributed by atoms with Gasteiger partial charge in [0.2, 0.25) is 5.91 Å². The summed E-state index contributed by atoms with van der Waals surface area (Å²) in [6.45, 7) is 2.00. The Morgan fingerprint density at radius 1 is 0.946 bits per heavy atom. The summed E-state index contributed by atoms with van der Waals surface area (Å²) in [6.07, 6.45) is 1.59. The molecule has 9 heteroatoms. The van der Waals surface area contributed by atoms with Crippen molar-refractivity contribution in [3.63, 3.8) is 0 Å². The molecule has 0 spiro atoms. The smallest absolute Gasteiger partial charge is 0.294 e. The van der Waals surface area contributed by atoms with E-state index in [9.17, 15) is 14.4 Å². The highest BCUT2D eigenvalue weighted by atomic mass is 32.2. The molecule has 3 aromatic carbocycles. The van der Waals surface area contributed by atoms with Crippen molar-refractivity contribution < 1.29 is 28.6 Å². The van der Waals surface area contributed by atoms with Crippen LogP contribution in [0.1, 0.15) is 16.7 Å². The van der Waals surface area contributed by atoms with Gasteiger partial charge in [0.05, 0.1) is 24.8 Å². The van der Waals surface area contributed by atoms with Gasteiger partial charge in [0.15, 0.2) is 11.5 Å². The molecule has 0 radical (unpaired) electrons. The number of hydrogen-bond donors (Lipinski definition) is 1. The van der Waals surface area contributed by atoms with Gasteiger partial charge in [0.25, 0.3) is 11.1 Å². The number of thioether (sulfide) groups is 1. The van der Waals surface area contributed by atoms with E-state index in [0.29, 0.717) is 35.1 Å². The van der Waals surface area contributed by atoms with Crippen LogP contribution in [0.4, 0.5) is 10.5 Å². The van der Waals surface area contributed by atoms with Crippen molar-refractivity contribution in [3.8, 4) is 17.2 Å². The number of anilines is 1. The molecule has 3 aromatic rings. The first-order chi connectivity index (χ1) is 17.9. The van der Waals surface area contributed by atoms with Crippen molar-refractivity contribution in [1.82, 2.24) is 4.90 Å². The van der Waals surface area contributed by atoms with Crippen LogP contribution in [0, 0.1) is 6.92 Å². The Morgan fingerprint density at radius 2 is 1.68 bits per heavy atom. The van der Waals surface area contributed by atoms with Gasteiger partial charge in [-0.05, 0) is 60.2 Å². The number of benzene rings is 3. The fraction of sp³-hybridized carbons (Fsp3) is 0.179. The molecule has 1 saturated heterocycles. The summed E-state index contributed by atoms with van der Waals surface area (Å²) < 4.78 is 16.6. The van der Waals surface area contributed by atoms with Gasteiger partial charge in [-0.15, -0.1) is 0 Å². The van der Waals surface area contributed by atoms with Crippen LogP contribution in [-0.4, -0.2) is 42.7 Å². The summed E-state index contributed by atoms with van der Waals surface area (Å²) in [5.41, 5.74) is 3.31. The minimum atomic E-state index is -0.538. The molecule has 1 N–H and O–H groups in total. The second kappa shape index (κ2) is 11.7. The molecule has 3 amide bonds. The molecule has 0 unspecified atom stereocenters. The number of aryl methyl sites for hydroxylation is 1. The lowest BCUT2D eigenvalue weighted by Crippen LogP contribution is -2.36. The number of methoxy groups -OCH3 is 2. The monoisotopic (exact) mass is 518 g/mol. The van der Waals surface area contributed by atoms with E-state index in [4.69, 9.17) is 14.2 Å². The molecule has 0 bridgehead atoms. The lowest BCUT2D eigenvalue weighted by Gasteiger charge is -2.14. The van der Waals surface area contributed by atoms with Gasteiger partial charge in [0, 0.05) is 0 Å². The number of nitrogens with one attached hydrogen (secondary N) is 1. The zero-order chi connectivity index (χ0) is 26.4. The quantitative estimate of drug-likeness (QED) is 0.386. The number of amides is 3. The van der Waals surface area contributed by atoms with Crippen LogP contribution in [-0.2, 0) is 16.2 Å². The molecule has 1 aliphatic heterocycles. The Balaban J connectivity index is 1.43. The molecule has 0 aromatic heterocycles. The average Bonchev–Trinajstić information content (AvgIpc) is 3.16. The Bertz CT molecular complexity index is 1350. The van der Waals surface area contributed by atoms with E-state index >= 15 is 0 Å². The van der Waals surface area contributed by atoms with E-state index in [1.807, 2.05) is 31.2 Å². The van der Waals surface area contributed by atoms with Crippen molar-refractivity contribution in [3.05, 3.63) is 88.3 Å². The third-order valence-electron chi connectivity index (χ3n) is 5.56. The Hall–Kier alpha value is -4.24. The summed E-state index contributed by atoms with van der Waals surface area (Å²) in [7, 11) is 3.02. The molecule has 1 heterocycles. The number of hydrogen-bond acceptors (Lipinski definition) is 7. The van der Waals surface area contributed by atoms with Crippen LogP contribution in [0.15, 0.2) is 71.6 Å². The van der Waals surface area contributed by atoms with E-state index in [1.165, 1.54) is 19.8 Å². The number of nitrogens with zero attached hydrogens (tertiary/aromatic N) is 1. The molecule has 4 rings (SSSR count). The molecule has 1 fully saturated rings. The first kappa shape index (κ1) is 25.8. The standard InChI is InChI=1S/C28H26N2O6S/c1-18-8-10-19(11-9-18)17-36-23-13-12-20(14-24(23)35-3)15-25-27(32)30(28(33)37-25)16-26(31)29-21-6-4-5-7-22(21)34-2/h4-15H,16-17H2,1-3H3,(H,29,31)/b25-15+. The van der Waals surface area contributed by atoms with Crippen LogP contribution in [0.25, 0.3) is 6.08 Å². The zero-order valence-corrected chi connectivity index (χ0v) is 21.5. The SMILES string of the molecule is COc1ccccc1NC(=O)CN1C(=O)S/C(=C/c2ccc(OCc3ccc(C)cc3)c(OC)c2)C1=O. The molecule has 0 saturated carbocycles. The van der Waals surface area contributed by atoms with Crippen LogP contribution in [0.5, 0.6) is 17.2 Å². The van der Waals surface area contributed by atoms with E-state index in [-0.39, 0.29) is 4.91 Å². The molecule has 8 nitrogen and oxygen atoms in total. The second-order valence-electron chi connectivity index (χ2n) is 8.20. The van der Waals surface area contributed by atoms with Gasteiger partial charge in [-0.2, -0.15) is 0 Å². The van der Waals surface area contributed by atoms with Gasteiger partial charge in [-0.3, -0.25) is 19.3 Å². The highest BCUT2D eigenvalue weighted by Gasteiger charge is 2.36. The molecular formula is C28H26N2O6S. The third kappa shape index (κ3) is 6.31. The number of rotatable bonds is 9.